The number of aryl methyl sites for hydroxylation is 3. The van der Waals surface area contributed by atoms with Crippen LogP contribution in [0.15, 0.2) is 34.9 Å². The molecule has 2 aromatic rings. The van der Waals surface area contributed by atoms with Gasteiger partial charge in [0.05, 0.1) is 12.3 Å². The summed E-state index contributed by atoms with van der Waals surface area (Å²) in [5.41, 5.74) is 3.72. The topological polar surface area (TPSA) is 68.5 Å². The lowest BCUT2D eigenvalue weighted by Crippen LogP contribution is -2.31. The lowest BCUT2D eigenvalue weighted by Gasteiger charge is -2.15. The maximum atomic E-state index is 11.9. The minimum Gasteiger partial charge on any atom is -0.469 e. The Morgan fingerprint density at radius 2 is 1.91 bits per heavy atom. The van der Waals surface area contributed by atoms with Gasteiger partial charge in [0, 0.05) is 0 Å². The highest BCUT2D eigenvalue weighted by Crippen LogP contribution is 2.16. The first-order valence-corrected chi connectivity index (χ1v) is 7.46. The van der Waals surface area contributed by atoms with Gasteiger partial charge in [-0.2, -0.15) is 0 Å². The van der Waals surface area contributed by atoms with E-state index in [9.17, 15) is 9.59 Å². The van der Waals surface area contributed by atoms with Crippen LogP contribution in [-0.2, 0) is 9.53 Å². The fourth-order valence-electron chi connectivity index (χ4n) is 2.21. The molecule has 1 N–H and O–H groups in total. The maximum Gasteiger partial charge on any atom is 0.342 e. The molecule has 2 rings (SSSR count). The van der Waals surface area contributed by atoms with Crippen molar-refractivity contribution in [1.29, 1.82) is 0 Å². The lowest BCUT2D eigenvalue weighted by atomic mass is 10.0. The zero-order chi connectivity index (χ0) is 17.0. The summed E-state index contributed by atoms with van der Waals surface area (Å²) in [7, 11) is 0. The number of carbonyl (C=O) groups excluding carboxylic acids is 2. The van der Waals surface area contributed by atoms with Crippen LogP contribution in [0.1, 0.15) is 45.8 Å². The predicted octanol–water partition coefficient (Wildman–Crippen LogP) is 3.24. The molecule has 0 saturated heterocycles. The number of esters is 1. The largest absolute Gasteiger partial charge is 0.469 e. The van der Waals surface area contributed by atoms with E-state index in [-0.39, 0.29) is 18.6 Å². The number of ether oxygens (including phenoxy) is 1. The molecule has 1 aromatic heterocycles. The second kappa shape index (κ2) is 7.13. The van der Waals surface area contributed by atoms with Crippen molar-refractivity contribution >= 4 is 11.9 Å². The number of rotatable bonds is 5. The molecule has 23 heavy (non-hydrogen) atoms. The highest BCUT2D eigenvalue weighted by molar-refractivity contribution is 5.92. The first-order chi connectivity index (χ1) is 10.9. The van der Waals surface area contributed by atoms with Gasteiger partial charge in [-0.05, 0) is 50.5 Å². The van der Waals surface area contributed by atoms with Crippen LogP contribution in [-0.4, -0.2) is 18.5 Å². The Balaban J connectivity index is 1.88. The van der Waals surface area contributed by atoms with Gasteiger partial charge in [-0.3, -0.25) is 4.79 Å². The third-order valence-electron chi connectivity index (χ3n) is 3.82. The standard InChI is InChI=1S/C18H21NO4/c1-11-5-6-15(9-12(11)2)13(3)19-17(20)10-23-18(21)16-7-8-22-14(16)4/h5-9,13H,10H2,1-4H3,(H,19,20)/t13-/m0/s1. The number of furan rings is 1. The van der Waals surface area contributed by atoms with Crippen LogP contribution in [0, 0.1) is 20.8 Å². The van der Waals surface area contributed by atoms with E-state index in [1.54, 1.807) is 6.92 Å². The summed E-state index contributed by atoms with van der Waals surface area (Å²) in [4.78, 5) is 23.7. The summed E-state index contributed by atoms with van der Waals surface area (Å²) in [6.07, 6.45) is 1.41. The minimum absolute atomic E-state index is 0.156. The van der Waals surface area contributed by atoms with Crippen molar-refractivity contribution in [1.82, 2.24) is 5.32 Å². The molecule has 5 heteroatoms. The predicted molar refractivity (Wildman–Crippen MR) is 86.2 cm³/mol. The fraction of sp³-hybridized carbons (Fsp3) is 0.333. The third-order valence-corrected chi connectivity index (χ3v) is 3.82. The van der Waals surface area contributed by atoms with Crippen LogP contribution < -0.4 is 5.32 Å². The van der Waals surface area contributed by atoms with E-state index < -0.39 is 5.97 Å². The highest BCUT2D eigenvalue weighted by atomic mass is 16.5. The molecule has 0 unspecified atom stereocenters. The van der Waals surface area contributed by atoms with E-state index in [1.165, 1.54) is 23.5 Å². The average Bonchev–Trinajstić information content (AvgIpc) is 2.93. The average molecular weight is 315 g/mol. The first-order valence-electron chi connectivity index (χ1n) is 7.46. The Morgan fingerprint density at radius 1 is 1.17 bits per heavy atom. The van der Waals surface area contributed by atoms with Gasteiger partial charge in [0.1, 0.15) is 11.3 Å². The van der Waals surface area contributed by atoms with Crippen LogP contribution in [0.4, 0.5) is 0 Å². The highest BCUT2D eigenvalue weighted by Gasteiger charge is 2.16. The summed E-state index contributed by atoms with van der Waals surface area (Å²) < 4.78 is 10.0. The molecule has 5 nitrogen and oxygen atoms in total. The number of nitrogens with one attached hydrogen (secondary N) is 1. The van der Waals surface area contributed by atoms with Gasteiger partial charge in [-0.25, -0.2) is 4.79 Å². The first kappa shape index (κ1) is 16.8. The molecule has 0 bridgehead atoms. The SMILES string of the molecule is Cc1ccc([C@H](C)NC(=O)COC(=O)c2ccoc2C)cc1C. The van der Waals surface area contributed by atoms with E-state index in [0.717, 1.165) is 5.56 Å². The molecule has 122 valence electrons. The normalized spacial score (nSPS) is 11.8. The molecular formula is C18H21NO4. The number of carbonyl (C=O) groups is 2. The zero-order valence-electron chi connectivity index (χ0n) is 13.8. The van der Waals surface area contributed by atoms with Crippen molar-refractivity contribution in [2.45, 2.75) is 33.7 Å². The summed E-state index contributed by atoms with van der Waals surface area (Å²) in [5.74, 6) is -0.436. The molecule has 1 aromatic carbocycles. The monoisotopic (exact) mass is 315 g/mol. The van der Waals surface area contributed by atoms with Crippen molar-refractivity contribution in [3.05, 3.63) is 58.5 Å². The number of hydrogen-bond donors (Lipinski definition) is 1. The van der Waals surface area contributed by atoms with E-state index >= 15 is 0 Å². The third kappa shape index (κ3) is 4.22. The van der Waals surface area contributed by atoms with Crippen LogP contribution in [0.2, 0.25) is 0 Å². The second-order valence-electron chi connectivity index (χ2n) is 5.60. The van der Waals surface area contributed by atoms with Crippen LogP contribution in [0.25, 0.3) is 0 Å². The molecule has 0 aliphatic heterocycles. The Labute approximate surface area is 135 Å². The lowest BCUT2D eigenvalue weighted by molar-refractivity contribution is -0.124. The summed E-state index contributed by atoms with van der Waals surface area (Å²) in [6, 6.07) is 7.41. The fourth-order valence-corrected chi connectivity index (χ4v) is 2.21. The Kier molecular flexibility index (Phi) is 5.21. The summed E-state index contributed by atoms with van der Waals surface area (Å²) in [5, 5.41) is 2.82. The molecule has 1 heterocycles. The van der Waals surface area contributed by atoms with Gasteiger partial charge < -0.3 is 14.5 Å². The van der Waals surface area contributed by atoms with Crippen LogP contribution in [0.5, 0.6) is 0 Å². The van der Waals surface area contributed by atoms with E-state index in [4.69, 9.17) is 9.15 Å². The molecule has 0 radical (unpaired) electrons. The van der Waals surface area contributed by atoms with Gasteiger partial charge in [0.2, 0.25) is 0 Å². The molecular weight excluding hydrogens is 294 g/mol. The van der Waals surface area contributed by atoms with E-state index in [2.05, 4.69) is 5.32 Å². The molecule has 1 atom stereocenters. The molecule has 0 spiro atoms. The Morgan fingerprint density at radius 3 is 2.52 bits per heavy atom. The number of amides is 1. The maximum absolute atomic E-state index is 11.9. The quantitative estimate of drug-likeness (QED) is 0.860. The van der Waals surface area contributed by atoms with Gasteiger partial charge in [0.25, 0.3) is 5.91 Å². The summed E-state index contributed by atoms with van der Waals surface area (Å²) >= 11 is 0. The van der Waals surface area contributed by atoms with Gasteiger partial charge in [0.15, 0.2) is 6.61 Å². The van der Waals surface area contributed by atoms with E-state index in [0.29, 0.717) is 11.3 Å². The molecule has 0 aliphatic rings. The van der Waals surface area contributed by atoms with Gasteiger partial charge in [-0.15, -0.1) is 0 Å². The smallest absolute Gasteiger partial charge is 0.342 e. The number of benzene rings is 1. The molecule has 0 saturated carbocycles. The Bertz CT molecular complexity index is 718. The van der Waals surface area contributed by atoms with Crippen molar-refractivity contribution in [3.63, 3.8) is 0 Å². The van der Waals surface area contributed by atoms with Crippen molar-refractivity contribution in [2.24, 2.45) is 0 Å². The van der Waals surface area contributed by atoms with E-state index in [1.807, 2.05) is 39.0 Å². The summed E-state index contributed by atoms with van der Waals surface area (Å²) in [6.45, 7) is 7.31. The van der Waals surface area contributed by atoms with Crippen molar-refractivity contribution in [2.75, 3.05) is 6.61 Å². The number of hydrogen-bond acceptors (Lipinski definition) is 4. The van der Waals surface area contributed by atoms with Gasteiger partial charge >= 0.3 is 5.97 Å². The van der Waals surface area contributed by atoms with Crippen LogP contribution >= 0.6 is 0 Å². The van der Waals surface area contributed by atoms with Crippen LogP contribution in [0.3, 0.4) is 0 Å². The molecule has 0 aliphatic carbocycles. The minimum atomic E-state index is -0.565. The van der Waals surface area contributed by atoms with Crippen molar-refractivity contribution in [3.8, 4) is 0 Å². The van der Waals surface area contributed by atoms with Crippen molar-refractivity contribution < 1.29 is 18.7 Å². The molecule has 0 fully saturated rings. The second-order valence-corrected chi connectivity index (χ2v) is 5.60. The zero-order valence-corrected chi connectivity index (χ0v) is 13.8. The van der Waals surface area contributed by atoms with Gasteiger partial charge in [-0.1, -0.05) is 18.2 Å². The molecule has 1 amide bonds. The Hall–Kier alpha value is -2.56.